The summed E-state index contributed by atoms with van der Waals surface area (Å²) in [5.74, 6) is 0.618. The number of hydrogen-bond donors (Lipinski definition) is 1. The van der Waals surface area contributed by atoms with Crippen LogP contribution in [-0.4, -0.2) is 34.4 Å². The molecule has 1 aliphatic heterocycles. The standard InChI is InChI=1S/C13H16ClNO2/c1-9-6-7-15(8-12(9)14)13(17)10-2-4-11(16)5-3-10/h2-5,9,12,16H,6-8H2,1H3. The number of hydrogen-bond acceptors (Lipinski definition) is 2. The maximum absolute atomic E-state index is 12.1. The van der Waals surface area contributed by atoms with Crippen LogP contribution >= 0.6 is 11.6 Å². The van der Waals surface area contributed by atoms with E-state index in [1.165, 1.54) is 12.1 Å². The first-order valence-electron chi connectivity index (χ1n) is 5.80. The average Bonchev–Trinajstić information content (AvgIpc) is 2.33. The van der Waals surface area contributed by atoms with Crippen LogP contribution in [0.1, 0.15) is 23.7 Å². The molecule has 1 saturated heterocycles. The molecular weight excluding hydrogens is 238 g/mol. The van der Waals surface area contributed by atoms with Crippen molar-refractivity contribution in [1.29, 1.82) is 0 Å². The number of amides is 1. The van der Waals surface area contributed by atoms with E-state index in [9.17, 15) is 9.90 Å². The van der Waals surface area contributed by atoms with Gasteiger partial charge in [-0.2, -0.15) is 0 Å². The van der Waals surface area contributed by atoms with E-state index >= 15 is 0 Å². The van der Waals surface area contributed by atoms with Gasteiger partial charge in [-0.1, -0.05) is 6.92 Å². The minimum Gasteiger partial charge on any atom is -0.508 e. The molecule has 3 nitrogen and oxygen atoms in total. The highest BCUT2D eigenvalue weighted by Crippen LogP contribution is 2.23. The number of carbonyl (C=O) groups excluding carboxylic acids is 1. The molecule has 0 saturated carbocycles. The van der Waals surface area contributed by atoms with E-state index < -0.39 is 0 Å². The zero-order valence-corrected chi connectivity index (χ0v) is 10.5. The van der Waals surface area contributed by atoms with Gasteiger partial charge in [0.25, 0.3) is 5.91 Å². The first-order chi connectivity index (χ1) is 8.08. The largest absolute Gasteiger partial charge is 0.508 e. The number of piperidine rings is 1. The lowest BCUT2D eigenvalue weighted by atomic mass is 9.98. The fourth-order valence-corrected chi connectivity index (χ4v) is 2.29. The molecule has 1 amide bonds. The smallest absolute Gasteiger partial charge is 0.253 e. The number of halogens is 1. The minimum atomic E-state index is -0.0115. The van der Waals surface area contributed by atoms with Crippen LogP contribution in [0.15, 0.2) is 24.3 Å². The molecule has 17 heavy (non-hydrogen) atoms. The Kier molecular flexibility index (Phi) is 3.57. The molecule has 0 radical (unpaired) electrons. The predicted molar refractivity (Wildman–Crippen MR) is 67.4 cm³/mol. The summed E-state index contributed by atoms with van der Waals surface area (Å²) >= 11 is 6.18. The number of carbonyl (C=O) groups is 1. The summed E-state index contributed by atoms with van der Waals surface area (Å²) in [7, 11) is 0. The molecule has 1 aromatic carbocycles. The highest BCUT2D eigenvalue weighted by Gasteiger charge is 2.27. The monoisotopic (exact) mass is 253 g/mol. The third kappa shape index (κ3) is 2.72. The summed E-state index contributed by atoms with van der Waals surface area (Å²) in [6, 6.07) is 6.33. The summed E-state index contributed by atoms with van der Waals surface area (Å²) in [6.07, 6.45) is 0.942. The zero-order valence-electron chi connectivity index (χ0n) is 9.77. The molecule has 0 aliphatic carbocycles. The van der Waals surface area contributed by atoms with Crippen molar-refractivity contribution in [2.45, 2.75) is 18.7 Å². The van der Waals surface area contributed by atoms with Crippen molar-refractivity contribution >= 4 is 17.5 Å². The van der Waals surface area contributed by atoms with Crippen molar-refractivity contribution in [3.05, 3.63) is 29.8 Å². The quantitative estimate of drug-likeness (QED) is 0.782. The highest BCUT2D eigenvalue weighted by molar-refractivity contribution is 6.21. The lowest BCUT2D eigenvalue weighted by Gasteiger charge is -2.34. The van der Waals surface area contributed by atoms with E-state index in [0.717, 1.165) is 13.0 Å². The van der Waals surface area contributed by atoms with E-state index in [4.69, 9.17) is 11.6 Å². The number of likely N-dealkylation sites (tertiary alicyclic amines) is 1. The Morgan fingerprint density at radius 1 is 1.41 bits per heavy atom. The Morgan fingerprint density at radius 3 is 2.65 bits per heavy atom. The van der Waals surface area contributed by atoms with Crippen LogP contribution in [-0.2, 0) is 0 Å². The van der Waals surface area contributed by atoms with Gasteiger partial charge in [0.2, 0.25) is 0 Å². The van der Waals surface area contributed by atoms with Gasteiger partial charge in [-0.15, -0.1) is 11.6 Å². The van der Waals surface area contributed by atoms with Gasteiger partial charge in [0.05, 0.1) is 5.38 Å². The van der Waals surface area contributed by atoms with Crippen molar-refractivity contribution in [3.8, 4) is 5.75 Å². The molecule has 1 aliphatic rings. The second-order valence-electron chi connectivity index (χ2n) is 4.58. The van der Waals surface area contributed by atoms with Gasteiger partial charge in [-0.25, -0.2) is 0 Å². The van der Waals surface area contributed by atoms with Crippen LogP contribution in [0.2, 0.25) is 0 Å². The van der Waals surface area contributed by atoms with Gasteiger partial charge in [0.15, 0.2) is 0 Å². The Bertz CT molecular complexity index is 404. The zero-order chi connectivity index (χ0) is 12.4. The molecular formula is C13H16ClNO2. The lowest BCUT2D eigenvalue weighted by molar-refractivity contribution is 0.0701. The van der Waals surface area contributed by atoms with E-state index in [0.29, 0.717) is 18.0 Å². The number of nitrogens with zero attached hydrogens (tertiary/aromatic N) is 1. The minimum absolute atomic E-state index is 0.0115. The molecule has 0 aromatic heterocycles. The number of benzene rings is 1. The molecule has 2 unspecified atom stereocenters. The number of phenolic OH excluding ortho intramolecular Hbond substituents is 1. The molecule has 0 spiro atoms. The fourth-order valence-electron chi connectivity index (χ4n) is 1.99. The maximum Gasteiger partial charge on any atom is 0.253 e. The van der Waals surface area contributed by atoms with Crippen LogP contribution in [0.25, 0.3) is 0 Å². The summed E-state index contributed by atoms with van der Waals surface area (Å²) in [4.78, 5) is 13.9. The number of alkyl halides is 1. The molecule has 1 N–H and O–H groups in total. The second kappa shape index (κ2) is 4.96. The number of aromatic hydroxyl groups is 1. The summed E-state index contributed by atoms with van der Waals surface area (Å²) in [5.41, 5.74) is 0.598. The molecule has 1 aromatic rings. The molecule has 1 fully saturated rings. The van der Waals surface area contributed by atoms with Gasteiger partial charge in [-0.05, 0) is 36.6 Å². The first kappa shape index (κ1) is 12.2. The van der Waals surface area contributed by atoms with Crippen LogP contribution < -0.4 is 0 Å². The normalized spacial score (nSPS) is 24.7. The van der Waals surface area contributed by atoms with E-state index in [-0.39, 0.29) is 17.0 Å². The van der Waals surface area contributed by atoms with Crippen LogP contribution in [0.3, 0.4) is 0 Å². The van der Waals surface area contributed by atoms with Crippen LogP contribution in [0, 0.1) is 5.92 Å². The topological polar surface area (TPSA) is 40.5 Å². The third-order valence-corrected chi connectivity index (χ3v) is 3.84. The molecule has 92 valence electrons. The van der Waals surface area contributed by atoms with Crippen molar-refractivity contribution in [2.24, 2.45) is 5.92 Å². The summed E-state index contributed by atoms with van der Waals surface area (Å²) in [5, 5.41) is 9.21. The lowest BCUT2D eigenvalue weighted by Crippen LogP contribution is -2.43. The summed E-state index contributed by atoms with van der Waals surface area (Å²) in [6.45, 7) is 3.46. The SMILES string of the molecule is CC1CCN(C(=O)c2ccc(O)cc2)CC1Cl. The van der Waals surface area contributed by atoms with Crippen LogP contribution in [0.5, 0.6) is 5.75 Å². The maximum atomic E-state index is 12.1. The van der Waals surface area contributed by atoms with Crippen molar-refractivity contribution < 1.29 is 9.90 Å². The van der Waals surface area contributed by atoms with E-state index in [1.807, 2.05) is 0 Å². The van der Waals surface area contributed by atoms with Gasteiger partial charge in [0, 0.05) is 18.7 Å². The summed E-state index contributed by atoms with van der Waals surface area (Å²) < 4.78 is 0. The Morgan fingerprint density at radius 2 is 2.06 bits per heavy atom. The number of phenols is 1. The molecule has 2 atom stereocenters. The van der Waals surface area contributed by atoms with Gasteiger partial charge < -0.3 is 10.0 Å². The Labute approximate surface area is 106 Å². The van der Waals surface area contributed by atoms with Crippen molar-refractivity contribution in [2.75, 3.05) is 13.1 Å². The molecule has 4 heteroatoms. The Hall–Kier alpha value is -1.22. The fraction of sp³-hybridized carbons (Fsp3) is 0.462. The highest BCUT2D eigenvalue weighted by atomic mass is 35.5. The van der Waals surface area contributed by atoms with Crippen molar-refractivity contribution in [1.82, 2.24) is 4.90 Å². The first-order valence-corrected chi connectivity index (χ1v) is 6.24. The van der Waals surface area contributed by atoms with Gasteiger partial charge >= 0.3 is 0 Å². The molecule has 2 rings (SSSR count). The van der Waals surface area contributed by atoms with Gasteiger partial charge in [-0.3, -0.25) is 4.79 Å². The average molecular weight is 254 g/mol. The number of rotatable bonds is 1. The third-order valence-electron chi connectivity index (χ3n) is 3.27. The van der Waals surface area contributed by atoms with Crippen LogP contribution in [0.4, 0.5) is 0 Å². The Balaban J connectivity index is 2.08. The van der Waals surface area contributed by atoms with E-state index in [2.05, 4.69) is 6.92 Å². The predicted octanol–water partition coefficient (Wildman–Crippen LogP) is 2.48. The van der Waals surface area contributed by atoms with Gasteiger partial charge in [0.1, 0.15) is 5.75 Å². The van der Waals surface area contributed by atoms with Crippen molar-refractivity contribution in [3.63, 3.8) is 0 Å². The second-order valence-corrected chi connectivity index (χ2v) is 5.14. The van der Waals surface area contributed by atoms with E-state index in [1.54, 1.807) is 17.0 Å². The molecule has 1 heterocycles. The molecule has 0 bridgehead atoms.